The largest absolute Gasteiger partial charge is 0.480 e. The average Bonchev–Trinajstić information content (AvgIpc) is 2.40. The van der Waals surface area contributed by atoms with Gasteiger partial charge in [-0.05, 0) is 39.2 Å². The third-order valence-corrected chi connectivity index (χ3v) is 3.34. The summed E-state index contributed by atoms with van der Waals surface area (Å²) in [5.74, 6) is -0.980. The molecular formula is C13H24N2O5S. The van der Waals surface area contributed by atoms with Crippen LogP contribution in [0.2, 0.25) is 0 Å². The zero-order valence-corrected chi connectivity index (χ0v) is 13.7. The summed E-state index contributed by atoms with van der Waals surface area (Å²) in [6.45, 7) is 5.21. The molecule has 2 amide bonds. The van der Waals surface area contributed by atoms with E-state index in [9.17, 15) is 14.4 Å². The van der Waals surface area contributed by atoms with E-state index in [0.717, 1.165) is 0 Å². The molecule has 122 valence electrons. The minimum Gasteiger partial charge on any atom is -0.480 e. The molecule has 0 fully saturated rings. The van der Waals surface area contributed by atoms with E-state index in [1.54, 1.807) is 20.8 Å². The lowest BCUT2D eigenvalue weighted by Gasteiger charge is -2.27. The minimum absolute atomic E-state index is 0.202. The summed E-state index contributed by atoms with van der Waals surface area (Å²) in [6.07, 6.45) is 2.19. The quantitative estimate of drug-likeness (QED) is 0.619. The molecule has 0 aromatic rings. The number of amides is 2. The van der Waals surface area contributed by atoms with Crippen molar-refractivity contribution >= 4 is 29.7 Å². The number of carboxylic acids is 1. The Balaban J connectivity index is 4.71. The Bertz CT molecular complexity index is 362. The smallest absolute Gasteiger partial charge is 0.326 e. The highest BCUT2D eigenvalue weighted by atomic mass is 32.2. The Morgan fingerprint density at radius 3 is 2.38 bits per heavy atom. The standard InChI is InChI=1S/C13H24N2O5S/c1-5-20-11(16)8-15(9(2)3)13(19)14-10(12(17)18)6-7-21-4/h9-10H,5-8H2,1-4H3,(H,14,19)(H,17,18)/t10-/m0/s1. The Morgan fingerprint density at radius 2 is 1.95 bits per heavy atom. The van der Waals surface area contributed by atoms with Gasteiger partial charge < -0.3 is 20.1 Å². The molecule has 0 aromatic heterocycles. The van der Waals surface area contributed by atoms with Gasteiger partial charge >= 0.3 is 18.0 Å². The second-order valence-corrected chi connectivity index (χ2v) is 5.63. The van der Waals surface area contributed by atoms with Crippen LogP contribution in [0.5, 0.6) is 0 Å². The fraction of sp³-hybridized carbons (Fsp3) is 0.769. The molecule has 0 aromatic carbocycles. The monoisotopic (exact) mass is 320 g/mol. The predicted molar refractivity (Wildman–Crippen MR) is 81.4 cm³/mol. The second kappa shape index (κ2) is 10.3. The zero-order valence-electron chi connectivity index (χ0n) is 12.9. The van der Waals surface area contributed by atoms with E-state index >= 15 is 0 Å². The summed E-state index contributed by atoms with van der Waals surface area (Å²) < 4.78 is 4.81. The first kappa shape index (κ1) is 19.6. The lowest BCUT2D eigenvalue weighted by molar-refractivity contribution is -0.144. The van der Waals surface area contributed by atoms with Gasteiger partial charge in [-0.1, -0.05) is 0 Å². The van der Waals surface area contributed by atoms with Crippen molar-refractivity contribution in [1.82, 2.24) is 10.2 Å². The lowest BCUT2D eigenvalue weighted by atomic mass is 10.2. The maximum Gasteiger partial charge on any atom is 0.326 e. The molecule has 0 unspecified atom stereocenters. The van der Waals surface area contributed by atoms with E-state index in [1.165, 1.54) is 16.7 Å². The van der Waals surface area contributed by atoms with E-state index in [2.05, 4.69) is 5.32 Å². The summed E-state index contributed by atoms with van der Waals surface area (Å²) in [5.41, 5.74) is 0. The molecule has 0 aliphatic rings. The fourth-order valence-corrected chi connectivity index (χ4v) is 2.03. The highest BCUT2D eigenvalue weighted by Crippen LogP contribution is 2.05. The number of urea groups is 1. The Morgan fingerprint density at radius 1 is 1.33 bits per heavy atom. The highest BCUT2D eigenvalue weighted by molar-refractivity contribution is 7.98. The van der Waals surface area contributed by atoms with Crippen molar-refractivity contribution in [2.45, 2.75) is 39.3 Å². The Labute approximate surface area is 129 Å². The van der Waals surface area contributed by atoms with Crippen LogP contribution in [0.1, 0.15) is 27.2 Å². The number of aliphatic carboxylic acids is 1. The molecule has 21 heavy (non-hydrogen) atoms. The number of ether oxygens (including phenoxy) is 1. The maximum absolute atomic E-state index is 12.1. The minimum atomic E-state index is -1.09. The van der Waals surface area contributed by atoms with Crippen molar-refractivity contribution in [1.29, 1.82) is 0 Å². The van der Waals surface area contributed by atoms with Crippen molar-refractivity contribution in [2.75, 3.05) is 25.2 Å². The second-order valence-electron chi connectivity index (χ2n) is 4.65. The van der Waals surface area contributed by atoms with Crippen LogP contribution in [-0.2, 0) is 14.3 Å². The third-order valence-electron chi connectivity index (χ3n) is 2.70. The molecule has 0 heterocycles. The summed E-state index contributed by atoms with van der Waals surface area (Å²) in [4.78, 5) is 36.0. The van der Waals surface area contributed by atoms with Crippen LogP contribution in [0, 0.1) is 0 Å². The molecule has 0 spiro atoms. The summed E-state index contributed by atoms with van der Waals surface area (Å²) in [6, 6.07) is -1.79. The summed E-state index contributed by atoms with van der Waals surface area (Å²) in [7, 11) is 0. The fourth-order valence-electron chi connectivity index (χ4n) is 1.56. The van der Waals surface area contributed by atoms with Crippen LogP contribution in [0.4, 0.5) is 4.79 Å². The summed E-state index contributed by atoms with van der Waals surface area (Å²) >= 11 is 1.50. The van der Waals surface area contributed by atoms with Gasteiger partial charge in [0, 0.05) is 6.04 Å². The maximum atomic E-state index is 12.1. The summed E-state index contributed by atoms with van der Waals surface area (Å²) in [5, 5.41) is 11.5. The third kappa shape index (κ3) is 7.79. The van der Waals surface area contributed by atoms with Crippen LogP contribution in [-0.4, -0.2) is 65.2 Å². The number of hydrogen-bond donors (Lipinski definition) is 2. The number of nitrogens with one attached hydrogen (secondary N) is 1. The number of rotatable bonds is 9. The van der Waals surface area contributed by atoms with Gasteiger partial charge in [0.05, 0.1) is 6.61 Å². The van der Waals surface area contributed by atoms with Gasteiger partial charge in [-0.3, -0.25) is 4.79 Å². The molecule has 0 rings (SSSR count). The first-order chi connectivity index (χ1) is 9.83. The molecule has 1 atom stereocenters. The van der Waals surface area contributed by atoms with Crippen LogP contribution >= 0.6 is 11.8 Å². The van der Waals surface area contributed by atoms with Crippen LogP contribution < -0.4 is 5.32 Å². The molecule has 0 saturated heterocycles. The number of thioether (sulfide) groups is 1. The number of nitrogens with zero attached hydrogens (tertiary/aromatic N) is 1. The lowest BCUT2D eigenvalue weighted by Crippen LogP contribution is -2.52. The Kier molecular flexibility index (Phi) is 9.60. The van der Waals surface area contributed by atoms with Gasteiger partial charge in [-0.25, -0.2) is 9.59 Å². The van der Waals surface area contributed by atoms with Gasteiger partial charge in [0.25, 0.3) is 0 Å². The first-order valence-electron chi connectivity index (χ1n) is 6.77. The molecule has 8 heteroatoms. The van der Waals surface area contributed by atoms with Gasteiger partial charge in [0.2, 0.25) is 0 Å². The molecule has 0 aliphatic heterocycles. The van der Waals surface area contributed by atoms with E-state index in [4.69, 9.17) is 9.84 Å². The molecular weight excluding hydrogens is 296 g/mol. The van der Waals surface area contributed by atoms with Gasteiger partial charge in [-0.15, -0.1) is 0 Å². The number of hydrogen-bond acceptors (Lipinski definition) is 5. The van der Waals surface area contributed by atoms with Crippen molar-refractivity contribution in [2.24, 2.45) is 0 Å². The normalized spacial score (nSPS) is 11.9. The molecule has 0 bridgehead atoms. The Hall–Kier alpha value is -1.44. The van der Waals surface area contributed by atoms with Crippen molar-refractivity contribution in [3.05, 3.63) is 0 Å². The topological polar surface area (TPSA) is 95.9 Å². The van der Waals surface area contributed by atoms with Gasteiger partial charge in [0.1, 0.15) is 12.6 Å². The number of esters is 1. The molecule has 0 aliphatic carbocycles. The van der Waals surface area contributed by atoms with Gasteiger partial charge in [-0.2, -0.15) is 11.8 Å². The van der Waals surface area contributed by atoms with Crippen LogP contribution in [0.25, 0.3) is 0 Å². The highest BCUT2D eigenvalue weighted by Gasteiger charge is 2.26. The van der Waals surface area contributed by atoms with E-state index in [0.29, 0.717) is 12.2 Å². The van der Waals surface area contributed by atoms with Crippen molar-refractivity contribution in [3.63, 3.8) is 0 Å². The zero-order chi connectivity index (χ0) is 16.4. The van der Waals surface area contributed by atoms with Gasteiger partial charge in [0.15, 0.2) is 0 Å². The molecule has 0 saturated carbocycles. The average molecular weight is 320 g/mol. The molecule has 0 radical (unpaired) electrons. The van der Waals surface area contributed by atoms with Crippen LogP contribution in [0.15, 0.2) is 0 Å². The molecule has 2 N–H and O–H groups in total. The van der Waals surface area contributed by atoms with E-state index < -0.39 is 24.0 Å². The predicted octanol–water partition coefficient (Wildman–Crippen LogP) is 1.18. The molecule has 7 nitrogen and oxygen atoms in total. The van der Waals surface area contributed by atoms with Crippen LogP contribution in [0.3, 0.4) is 0 Å². The van der Waals surface area contributed by atoms with Crippen molar-refractivity contribution in [3.8, 4) is 0 Å². The van der Waals surface area contributed by atoms with E-state index in [-0.39, 0.29) is 19.2 Å². The van der Waals surface area contributed by atoms with Crippen molar-refractivity contribution < 1.29 is 24.2 Å². The van der Waals surface area contributed by atoms with E-state index in [1.807, 2.05) is 6.26 Å². The SMILES string of the molecule is CCOC(=O)CN(C(=O)N[C@@H](CCSC)C(=O)O)C(C)C. The number of carboxylic acid groups (broad SMARTS) is 1. The first-order valence-corrected chi connectivity index (χ1v) is 8.17. The number of carbonyl (C=O) groups is 3. The number of carbonyl (C=O) groups excluding carboxylic acids is 2.